The molecule has 0 amide bonds. The van der Waals surface area contributed by atoms with Crippen LogP contribution in [0, 0.1) is 5.41 Å². The van der Waals surface area contributed by atoms with Crippen molar-refractivity contribution in [3.63, 3.8) is 0 Å². The Hall–Kier alpha value is -0.900. The summed E-state index contributed by atoms with van der Waals surface area (Å²) in [5, 5.41) is 3.55. The van der Waals surface area contributed by atoms with Gasteiger partial charge in [-0.05, 0) is 30.5 Å². The van der Waals surface area contributed by atoms with Crippen molar-refractivity contribution in [2.75, 3.05) is 32.8 Å². The average Bonchev–Trinajstić information content (AvgIpc) is 2.88. The highest BCUT2D eigenvalue weighted by Crippen LogP contribution is 2.32. The van der Waals surface area contributed by atoms with Crippen molar-refractivity contribution in [1.82, 2.24) is 10.2 Å². The summed E-state index contributed by atoms with van der Waals surface area (Å²) in [5.41, 5.74) is 3.31. The van der Waals surface area contributed by atoms with Gasteiger partial charge in [-0.2, -0.15) is 0 Å². The highest BCUT2D eigenvalue weighted by molar-refractivity contribution is 5.30. The topological polar surface area (TPSA) is 24.5 Å². The van der Waals surface area contributed by atoms with Gasteiger partial charge in [0, 0.05) is 38.2 Å². The van der Waals surface area contributed by atoms with Gasteiger partial charge in [0.1, 0.15) is 0 Å². The summed E-state index contributed by atoms with van der Waals surface area (Å²) < 4.78 is 5.80. The van der Waals surface area contributed by atoms with E-state index in [9.17, 15) is 0 Å². The normalized spacial score (nSPS) is 26.6. The zero-order chi connectivity index (χ0) is 13.8. The molecule has 3 heteroatoms. The van der Waals surface area contributed by atoms with Crippen LogP contribution in [-0.4, -0.2) is 37.7 Å². The molecule has 1 fully saturated rings. The SMILES string of the molecule is CCNCC1(CN2Cc3ccccc3C2)CCCOC1. The molecule has 3 nitrogen and oxygen atoms in total. The highest BCUT2D eigenvalue weighted by Gasteiger charge is 2.35. The molecule has 110 valence electrons. The van der Waals surface area contributed by atoms with Crippen molar-refractivity contribution < 1.29 is 4.74 Å². The lowest BCUT2D eigenvalue weighted by atomic mass is 9.81. The molecule has 0 saturated carbocycles. The van der Waals surface area contributed by atoms with Gasteiger partial charge in [0.2, 0.25) is 0 Å². The highest BCUT2D eigenvalue weighted by atomic mass is 16.5. The molecule has 1 aromatic rings. The van der Waals surface area contributed by atoms with Crippen LogP contribution >= 0.6 is 0 Å². The average molecular weight is 274 g/mol. The van der Waals surface area contributed by atoms with Crippen LogP contribution in [0.15, 0.2) is 24.3 Å². The Bertz CT molecular complexity index is 415. The zero-order valence-electron chi connectivity index (χ0n) is 12.5. The van der Waals surface area contributed by atoms with E-state index in [0.717, 1.165) is 45.9 Å². The first-order chi connectivity index (χ1) is 9.81. The maximum atomic E-state index is 5.80. The van der Waals surface area contributed by atoms with Gasteiger partial charge in [-0.3, -0.25) is 4.90 Å². The van der Waals surface area contributed by atoms with Crippen molar-refractivity contribution in [3.8, 4) is 0 Å². The van der Waals surface area contributed by atoms with Gasteiger partial charge in [0.15, 0.2) is 0 Å². The molecule has 1 saturated heterocycles. The number of benzene rings is 1. The third kappa shape index (κ3) is 3.05. The molecule has 2 heterocycles. The number of hydrogen-bond donors (Lipinski definition) is 1. The Morgan fingerprint density at radius 3 is 2.60 bits per heavy atom. The smallest absolute Gasteiger partial charge is 0.0546 e. The van der Waals surface area contributed by atoms with Crippen LogP contribution in [0.2, 0.25) is 0 Å². The second-order valence-electron chi connectivity index (χ2n) is 6.35. The second-order valence-corrected chi connectivity index (χ2v) is 6.35. The molecule has 0 aromatic heterocycles. The third-order valence-electron chi connectivity index (χ3n) is 4.62. The maximum absolute atomic E-state index is 5.80. The van der Waals surface area contributed by atoms with E-state index in [1.54, 1.807) is 0 Å². The van der Waals surface area contributed by atoms with Crippen LogP contribution in [0.3, 0.4) is 0 Å². The Morgan fingerprint density at radius 2 is 2.00 bits per heavy atom. The summed E-state index contributed by atoms with van der Waals surface area (Å²) in [4.78, 5) is 2.59. The largest absolute Gasteiger partial charge is 0.381 e. The monoisotopic (exact) mass is 274 g/mol. The summed E-state index contributed by atoms with van der Waals surface area (Å²) in [6, 6.07) is 8.84. The summed E-state index contributed by atoms with van der Waals surface area (Å²) in [6.07, 6.45) is 2.49. The second kappa shape index (κ2) is 6.25. The molecule has 2 aliphatic rings. The zero-order valence-corrected chi connectivity index (χ0v) is 12.5. The number of nitrogens with zero attached hydrogens (tertiary/aromatic N) is 1. The number of nitrogens with one attached hydrogen (secondary N) is 1. The third-order valence-corrected chi connectivity index (χ3v) is 4.62. The molecule has 1 atom stereocenters. The number of rotatable bonds is 5. The van der Waals surface area contributed by atoms with Crippen LogP contribution in [0.4, 0.5) is 0 Å². The van der Waals surface area contributed by atoms with E-state index < -0.39 is 0 Å². The Balaban J connectivity index is 1.65. The van der Waals surface area contributed by atoms with Gasteiger partial charge in [-0.15, -0.1) is 0 Å². The van der Waals surface area contributed by atoms with E-state index >= 15 is 0 Å². The summed E-state index contributed by atoms with van der Waals surface area (Å²) in [5.74, 6) is 0. The molecule has 0 bridgehead atoms. The lowest BCUT2D eigenvalue weighted by molar-refractivity contribution is -0.0268. The first-order valence-corrected chi connectivity index (χ1v) is 7.89. The van der Waals surface area contributed by atoms with Crippen LogP contribution in [0.5, 0.6) is 0 Å². The van der Waals surface area contributed by atoms with E-state index in [0.29, 0.717) is 5.41 Å². The molecule has 3 rings (SSSR count). The summed E-state index contributed by atoms with van der Waals surface area (Å²) >= 11 is 0. The van der Waals surface area contributed by atoms with Crippen LogP contribution in [0.1, 0.15) is 30.9 Å². The molecular formula is C17H26N2O. The predicted octanol–water partition coefficient (Wildman–Crippen LogP) is 2.41. The van der Waals surface area contributed by atoms with E-state index in [-0.39, 0.29) is 0 Å². The Morgan fingerprint density at radius 1 is 1.25 bits per heavy atom. The van der Waals surface area contributed by atoms with E-state index in [4.69, 9.17) is 4.74 Å². The first-order valence-electron chi connectivity index (χ1n) is 7.89. The van der Waals surface area contributed by atoms with Crippen molar-refractivity contribution in [1.29, 1.82) is 0 Å². The minimum Gasteiger partial charge on any atom is -0.381 e. The molecule has 0 spiro atoms. The Labute approximate surface area is 122 Å². The van der Waals surface area contributed by atoms with Gasteiger partial charge in [0.05, 0.1) is 6.61 Å². The first kappa shape index (κ1) is 14.1. The Kier molecular flexibility index (Phi) is 4.39. The molecule has 20 heavy (non-hydrogen) atoms. The quantitative estimate of drug-likeness (QED) is 0.892. The molecule has 0 aliphatic carbocycles. The molecule has 1 aromatic carbocycles. The van der Waals surface area contributed by atoms with E-state index in [2.05, 4.69) is 41.4 Å². The van der Waals surface area contributed by atoms with Gasteiger partial charge >= 0.3 is 0 Å². The number of fused-ring (bicyclic) bond motifs is 1. The molecule has 2 aliphatic heterocycles. The van der Waals surface area contributed by atoms with Crippen molar-refractivity contribution >= 4 is 0 Å². The number of ether oxygens (including phenoxy) is 1. The predicted molar refractivity (Wildman–Crippen MR) is 81.6 cm³/mol. The van der Waals surface area contributed by atoms with E-state index in [1.165, 1.54) is 24.0 Å². The fourth-order valence-electron chi connectivity index (χ4n) is 3.61. The minimum atomic E-state index is 0.302. The van der Waals surface area contributed by atoms with Gasteiger partial charge in [-0.25, -0.2) is 0 Å². The van der Waals surface area contributed by atoms with Gasteiger partial charge < -0.3 is 10.1 Å². The summed E-state index contributed by atoms with van der Waals surface area (Å²) in [7, 11) is 0. The van der Waals surface area contributed by atoms with Crippen LogP contribution in [-0.2, 0) is 17.8 Å². The number of hydrogen-bond acceptors (Lipinski definition) is 3. The molecule has 0 radical (unpaired) electrons. The van der Waals surface area contributed by atoms with Crippen molar-refractivity contribution in [2.45, 2.75) is 32.9 Å². The van der Waals surface area contributed by atoms with E-state index in [1.807, 2.05) is 0 Å². The van der Waals surface area contributed by atoms with Crippen LogP contribution in [0.25, 0.3) is 0 Å². The molecular weight excluding hydrogens is 248 g/mol. The summed E-state index contributed by atoms with van der Waals surface area (Å²) in [6.45, 7) is 9.51. The minimum absolute atomic E-state index is 0.302. The molecule has 1 unspecified atom stereocenters. The van der Waals surface area contributed by atoms with Crippen LogP contribution < -0.4 is 5.32 Å². The maximum Gasteiger partial charge on any atom is 0.0546 e. The fourth-order valence-corrected chi connectivity index (χ4v) is 3.61. The van der Waals surface area contributed by atoms with Gasteiger partial charge in [0.25, 0.3) is 0 Å². The lowest BCUT2D eigenvalue weighted by Gasteiger charge is -2.40. The lowest BCUT2D eigenvalue weighted by Crippen LogP contribution is -2.48. The standard InChI is InChI=1S/C17H26N2O/c1-2-18-12-17(8-5-9-20-14-17)13-19-10-15-6-3-4-7-16(15)11-19/h3-4,6-7,18H,2,5,8-14H2,1H3. The van der Waals surface area contributed by atoms with Gasteiger partial charge in [-0.1, -0.05) is 31.2 Å². The van der Waals surface area contributed by atoms with Crippen molar-refractivity contribution in [2.24, 2.45) is 5.41 Å². The van der Waals surface area contributed by atoms with Crippen molar-refractivity contribution in [3.05, 3.63) is 35.4 Å². The fraction of sp³-hybridized carbons (Fsp3) is 0.647. The molecule has 1 N–H and O–H groups in total.